The first-order valence-corrected chi connectivity index (χ1v) is 6.57. The third-order valence-electron chi connectivity index (χ3n) is 2.37. The molecule has 1 aromatic carbocycles. The molecular formula is C12H12ClN3OS. The monoisotopic (exact) mass is 281 g/mol. The lowest BCUT2D eigenvalue weighted by Crippen LogP contribution is -2.23. The molecule has 3 N–H and O–H groups in total. The molecule has 2 rings (SSSR count). The highest BCUT2D eigenvalue weighted by molar-refractivity contribution is 7.09. The van der Waals surface area contributed by atoms with E-state index in [1.54, 1.807) is 29.5 Å². The molecule has 0 unspecified atom stereocenters. The van der Waals surface area contributed by atoms with Gasteiger partial charge >= 0.3 is 0 Å². The third-order valence-corrected chi connectivity index (χ3v) is 3.61. The van der Waals surface area contributed by atoms with Gasteiger partial charge in [0.1, 0.15) is 0 Å². The Morgan fingerprint density at radius 1 is 1.56 bits per heavy atom. The number of nitrogen functional groups attached to an aromatic ring is 1. The number of hydrogen-bond donors (Lipinski definition) is 2. The Bertz CT molecular complexity index is 582. The van der Waals surface area contributed by atoms with Gasteiger partial charge in [0.2, 0.25) is 0 Å². The predicted octanol–water partition coefficient (Wildman–Crippen LogP) is 2.62. The maximum atomic E-state index is 11.9. The topological polar surface area (TPSA) is 68.0 Å². The summed E-state index contributed by atoms with van der Waals surface area (Å²) in [4.78, 5) is 16.2. The van der Waals surface area contributed by atoms with Crippen LogP contribution in [0.4, 0.5) is 5.69 Å². The van der Waals surface area contributed by atoms with Gasteiger partial charge in [0.15, 0.2) is 0 Å². The normalized spacial score (nSPS) is 10.3. The van der Waals surface area contributed by atoms with Crippen LogP contribution in [0.25, 0.3) is 0 Å². The van der Waals surface area contributed by atoms with E-state index in [9.17, 15) is 4.79 Å². The van der Waals surface area contributed by atoms with Crippen LogP contribution < -0.4 is 11.1 Å². The summed E-state index contributed by atoms with van der Waals surface area (Å²) in [6, 6.07) is 4.99. The highest BCUT2D eigenvalue weighted by Gasteiger charge is 2.12. The van der Waals surface area contributed by atoms with Crippen LogP contribution in [0.3, 0.4) is 0 Å². The molecule has 18 heavy (non-hydrogen) atoms. The van der Waals surface area contributed by atoms with E-state index >= 15 is 0 Å². The summed E-state index contributed by atoms with van der Waals surface area (Å²) < 4.78 is 0. The Morgan fingerprint density at radius 2 is 2.33 bits per heavy atom. The Labute approximate surface area is 114 Å². The lowest BCUT2D eigenvalue weighted by Gasteiger charge is -2.06. The summed E-state index contributed by atoms with van der Waals surface area (Å²) in [5, 5.41) is 5.93. The summed E-state index contributed by atoms with van der Waals surface area (Å²) in [7, 11) is 0. The number of aromatic nitrogens is 1. The van der Waals surface area contributed by atoms with Gasteiger partial charge in [-0.3, -0.25) is 4.79 Å². The number of benzene rings is 1. The first-order valence-electron chi connectivity index (χ1n) is 5.31. The zero-order valence-electron chi connectivity index (χ0n) is 9.74. The van der Waals surface area contributed by atoms with Crippen LogP contribution in [0.1, 0.15) is 21.1 Å². The highest BCUT2D eigenvalue weighted by Crippen LogP contribution is 2.22. The van der Waals surface area contributed by atoms with E-state index in [1.807, 2.05) is 12.3 Å². The number of thiazole rings is 1. The second-order valence-electron chi connectivity index (χ2n) is 3.75. The van der Waals surface area contributed by atoms with Crippen LogP contribution in [0.2, 0.25) is 5.02 Å². The van der Waals surface area contributed by atoms with Crippen molar-refractivity contribution < 1.29 is 4.79 Å². The molecule has 1 aromatic heterocycles. The van der Waals surface area contributed by atoms with Crippen LogP contribution in [-0.4, -0.2) is 10.9 Å². The van der Waals surface area contributed by atoms with Gasteiger partial charge in [-0.05, 0) is 19.1 Å². The number of nitrogens with two attached hydrogens (primary N) is 1. The van der Waals surface area contributed by atoms with Crippen molar-refractivity contribution in [2.45, 2.75) is 13.5 Å². The lowest BCUT2D eigenvalue weighted by molar-refractivity contribution is 0.0950. The van der Waals surface area contributed by atoms with Crippen molar-refractivity contribution in [3.8, 4) is 0 Å². The number of carbonyl (C=O) groups is 1. The minimum Gasteiger partial charge on any atom is -0.398 e. The van der Waals surface area contributed by atoms with Gasteiger partial charge in [0, 0.05) is 5.38 Å². The average Bonchev–Trinajstić information content (AvgIpc) is 2.76. The van der Waals surface area contributed by atoms with Crippen molar-refractivity contribution in [1.82, 2.24) is 10.3 Å². The van der Waals surface area contributed by atoms with Crippen molar-refractivity contribution >= 4 is 34.5 Å². The molecule has 94 valence electrons. The molecule has 0 radical (unpaired) electrons. The number of aryl methyl sites for hydroxylation is 1. The molecule has 0 atom stereocenters. The molecule has 4 nitrogen and oxygen atoms in total. The standard InChI is InChI=1S/C12H12ClN3OS/c1-7-16-8(6-18-7)5-15-12(17)9-3-2-4-10(14)11(9)13/h2-4,6H,5,14H2,1H3,(H,15,17). The van der Waals surface area contributed by atoms with E-state index in [0.717, 1.165) is 10.7 Å². The first-order chi connectivity index (χ1) is 8.58. The van der Waals surface area contributed by atoms with Crippen LogP contribution >= 0.6 is 22.9 Å². The number of nitrogens with one attached hydrogen (secondary N) is 1. The zero-order valence-corrected chi connectivity index (χ0v) is 11.3. The first kappa shape index (κ1) is 12.9. The fourth-order valence-corrected chi connectivity index (χ4v) is 2.31. The highest BCUT2D eigenvalue weighted by atomic mass is 35.5. The fourth-order valence-electron chi connectivity index (χ4n) is 1.48. The largest absolute Gasteiger partial charge is 0.398 e. The van der Waals surface area contributed by atoms with Gasteiger partial charge in [-0.1, -0.05) is 17.7 Å². The molecule has 6 heteroatoms. The number of amides is 1. The van der Waals surface area contributed by atoms with Crippen molar-refractivity contribution in [1.29, 1.82) is 0 Å². The number of nitrogens with zero attached hydrogens (tertiary/aromatic N) is 1. The smallest absolute Gasteiger partial charge is 0.253 e. The Kier molecular flexibility index (Phi) is 3.84. The molecule has 0 saturated heterocycles. The van der Waals surface area contributed by atoms with Gasteiger partial charge in [0.05, 0.1) is 33.5 Å². The molecule has 0 aliphatic rings. The van der Waals surface area contributed by atoms with E-state index in [1.165, 1.54) is 0 Å². The second kappa shape index (κ2) is 5.37. The molecule has 0 bridgehead atoms. The summed E-state index contributed by atoms with van der Waals surface area (Å²) in [5.41, 5.74) is 7.26. The number of anilines is 1. The van der Waals surface area contributed by atoms with E-state index < -0.39 is 0 Å². The van der Waals surface area contributed by atoms with Crippen molar-refractivity contribution in [3.05, 3.63) is 44.9 Å². The van der Waals surface area contributed by atoms with Gasteiger partial charge in [-0.2, -0.15) is 0 Å². The van der Waals surface area contributed by atoms with Gasteiger partial charge < -0.3 is 11.1 Å². The molecule has 0 aliphatic carbocycles. The van der Waals surface area contributed by atoms with Gasteiger partial charge in [0.25, 0.3) is 5.91 Å². The molecule has 0 fully saturated rings. The molecule has 1 amide bonds. The van der Waals surface area contributed by atoms with Gasteiger partial charge in [-0.25, -0.2) is 4.98 Å². The summed E-state index contributed by atoms with van der Waals surface area (Å²) >= 11 is 7.52. The Balaban J connectivity index is 2.06. The molecule has 0 aliphatic heterocycles. The predicted molar refractivity (Wildman–Crippen MR) is 73.9 cm³/mol. The Morgan fingerprint density at radius 3 is 3.00 bits per heavy atom. The van der Waals surface area contributed by atoms with E-state index in [2.05, 4.69) is 10.3 Å². The van der Waals surface area contributed by atoms with Crippen LogP contribution in [0, 0.1) is 6.92 Å². The number of rotatable bonds is 3. The van der Waals surface area contributed by atoms with Crippen molar-refractivity contribution in [2.75, 3.05) is 5.73 Å². The lowest BCUT2D eigenvalue weighted by atomic mass is 10.2. The molecule has 0 saturated carbocycles. The van der Waals surface area contributed by atoms with Crippen molar-refractivity contribution in [2.24, 2.45) is 0 Å². The van der Waals surface area contributed by atoms with Crippen LogP contribution in [0.15, 0.2) is 23.6 Å². The number of halogens is 1. The fraction of sp³-hybridized carbons (Fsp3) is 0.167. The Hall–Kier alpha value is -1.59. The molecular weight excluding hydrogens is 270 g/mol. The zero-order chi connectivity index (χ0) is 13.1. The number of hydrogen-bond acceptors (Lipinski definition) is 4. The SMILES string of the molecule is Cc1nc(CNC(=O)c2cccc(N)c2Cl)cs1. The molecule has 1 heterocycles. The molecule has 2 aromatic rings. The van der Waals surface area contributed by atoms with Crippen LogP contribution in [-0.2, 0) is 6.54 Å². The van der Waals surface area contributed by atoms with E-state index in [4.69, 9.17) is 17.3 Å². The maximum Gasteiger partial charge on any atom is 0.253 e. The van der Waals surface area contributed by atoms with Gasteiger partial charge in [-0.15, -0.1) is 11.3 Å². The van der Waals surface area contributed by atoms with E-state index in [-0.39, 0.29) is 10.9 Å². The number of carbonyl (C=O) groups excluding carboxylic acids is 1. The second-order valence-corrected chi connectivity index (χ2v) is 5.19. The minimum absolute atomic E-state index is 0.252. The minimum atomic E-state index is -0.252. The summed E-state index contributed by atoms with van der Waals surface area (Å²) in [6.45, 7) is 2.30. The summed E-state index contributed by atoms with van der Waals surface area (Å²) in [5.74, 6) is -0.252. The van der Waals surface area contributed by atoms with Crippen molar-refractivity contribution in [3.63, 3.8) is 0 Å². The molecule has 0 spiro atoms. The quantitative estimate of drug-likeness (QED) is 0.850. The van der Waals surface area contributed by atoms with E-state index in [0.29, 0.717) is 17.8 Å². The third kappa shape index (κ3) is 2.80. The summed E-state index contributed by atoms with van der Waals surface area (Å²) in [6.07, 6.45) is 0. The van der Waals surface area contributed by atoms with Crippen LogP contribution in [0.5, 0.6) is 0 Å². The average molecular weight is 282 g/mol. The maximum absolute atomic E-state index is 11.9.